The van der Waals surface area contributed by atoms with Crippen LogP contribution < -0.4 is 9.47 Å². The maximum absolute atomic E-state index is 9.29. The van der Waals surface area contributed by atoms with E-state index in [2.05, 4.69) is 0 Å². The van der Waals surface area contributed by atoms with Gasteiger partial charge in [-0.3, -0.25) is 0 Å². The minimum Gasteiger partial charge on any atom is -0.497 e. The fourth-order valence-corrected chi connectivity index (χ4v) is 2.53. The van der Waals surface area contributed by atoms with E-state index in [-0.39, 0.29) is 6.61 Å². The molecular formula is C13H13ClO3S. The summed E-state index contributed by atoms with van der Waals surface area (Å²) in [6.45, 7) is 0.356. The van der Waals surface area contributed by atoms with Crippen LogP contribution in [0.3, 0.4) is 0 Å². The Morgan fingerprint density at radius 1 is 1.28 bits per heavy atom. The lowest BCUT2D eigenvalue weighted by atomic mass is 10.2. The molecule has 2 rings (SSSR count). The van der Waals surface area contributed by atoms with Gasteiger partial charge in [0.2, 0.25) is 0 Å². The van der Waals surface area contributed by atoms with Crippen molar-refractivity contribution >= 4 is 22.9 Å². The fraction of sp³-hybridized carbons (Fsp3) is 0.231. The van der Waals surface area contributed by atoms with E-state index in [1.165, 1.54) is 11.3 Å². The summed E-state index contributed by atoms with van der Waals surface area (Å²) in [6, 6.07) is 9.12. The zero-order valence-electron chi connectivity index (χ0n) is 9.85. The Morgan fingerprint density at radius 3 is 2.72 bits per heavy atom. The Hall–Kier alpha value is -1.23. The first kappa shape index (κ1) is 13.2. The highest BCUT2D eigenvalue weighted by Gasteiger charge is 2.06. The van der Waals surface area contributed by atoms with Gasteiger partial charge in [0.25, 0.3) is 0 Å². The summed E-state index contributed by atoms with van der Waals surface area (Å²) in [5.41, 5.74) is 0.706. The van der Waals surface area contributed by atoms with Crippen LogP contribution in [0, 0.1) is 0 Å². The third-order valence-electron chi connectivity index (χ3n) is 2.44. The topological polar surface area (TPSA) is 38.7 Å². The summed E-state index contributed by atoms with van der Waals surface area (Å²) < 4.78 is 11.5. The Balaban J connectivity index is 2.08. The minimum absolute atomic E-state index is 0.0856. The molecule has 0 amide bonds. The molecule has 0 aliphatic carbocycles. The summed E-state index contributed by atoms with van der Waals surface area (Å²) in [5, 5.41) is 9.29. The number of thiophene rings is 1. The molecule has 0 radical (unpaired) electrons. The van der Waals surface area contributed by atoms with E-state index < -0.39 is 0 Å². The van der Waals surface area contributed by atoms with E-state index in [4.69, 9.17) is 21.1 Å². The van der Waals surface area contributed by atoms with Gasteiger partial charge in [0.15, 0.2) is 0 Å². The number of aliphatic hydroxyl groups is 1. The third-order valence-corrected chi connectivity index (χ3v) is 3.64. The zero-order chi connectivity index (χ0) is 13.0. The van der Waals surface area contributed by atoms with Crippen LogP contribution in [0.25, 0.3) is 0 Å². The molecule has 2 aromatic rings. The molecule has 0 bridgehead atoms. The lowest BCUT2D eigenvalue weighted by molar-refractivity contribution is 0.259. The summed E-state index contributed by atoms with van der Waals surface area (Å²) in [5.74, 6) is 1.35. The monoisotopic (exact) mass is 284 g/mol. The number of halogens is 1. The predicted molar refractivity (Wildman–Crippen MR) is 72.6 cm³/mol. The lowest BCUT2D eigenvalue weighted by Gasteiger charge is -2.10. The van der Waals surface area contributed by atoms with Crippen molar-refractivity contribution in [3.05, 3.63) is 45.1 Å². The largest absolute Gasteiger partial charge is 0.497 e. The van der Waals surface area contributed by atoms with Gasteiger partial charge in [-0.25, -0.2) is 0 Å². The van der Waals surface area contributed by atoms with Gasteiger partial charge in [-0.05, 0) is 30.3 Å². The van der Waals surface area contributed by atoms with Crippen LogP contribution in [-0.4, -0.2) is 12.2 Å². The van der Waals surface area contributed by atoms with Gasteiger partial charge < -0.3 is 14.6 Å². The normalized spacial score (nSPS) is 10.4. The molecule has 18 heavy (non-hydrogen) atoms. The van der Waals surface area contributed by atoms with Gasteiger partial charge >= 0.3 is 0 Å². The van der Waals surface area contributed by atoms with E-state index in [9.17, 15) is 5.11 Å². The van der Waals surface area contributed by atoms with Crippen molar-refractivity contribution in [1.29, 1.82) is 0 Å². The first-order valence-electron chi connectivity index (χ1n) is 5.37. The van der Waals surface area contributed by atoms with Crippen molar-refractivity contribution in [2.24, 2.45) is 0 Å². The highest BCUT2D eigenvalue weighted by Crippen LogP contribution is 2.27. The van der Waals surface area contributed by atoms with Gasteiger partial charge in [0.05, 0.1) is 18.1 Å². The number of hydrogen-bond donors (Lipinski definition) is 1. The highest BCUT2D eigenvalue weighted by atomic mass is 35.5. The van der Waals surface area contributed by atoms with Crippen molar-refractivity contribution in [2.75, 3.05) is 7.11 Å². The van der Waals surface area contributed by atoms with Crippen molar-refractivity contribution < 1.29 is 14.6 Å². The Labute approximate surface area is 115 Å². The maximum atomic E-state index is 9.29. The number of ether oxygens (including phenoxy) is 2. The average Bonchev–Trinajstić information content (AvgIpc) is 2.82. The number of rotatable bonds is 5. The van der Waals surface area contributed by atoms with Crippen molar-refractivity contribution in [1.82, 2.24) is 0 Å². The second-order valence-electron chi connectivity index (χ2n) is 3.63. The zero-order valence-corrected chi connectivity index (χ0v) is 11.4. The number of aliphatic hydroxyl groups excluding tert-OH is 1. The minimum atomic E-state index is -0.0856. The lowest BCUT2D eigenvalue weighted by Crippen LogP contribution is -1.98. The van der Waals surface area contributed by atoms with Gasteiger partial charge in [-0.15, -0.1) is 11.3 Å². The van der Waals surface area contributed by atoms with E-state index in [1.807, 2.05) is 12.1 Å². The van der Waals surface area contributed by atoms with E-state index in [0.29, 0.717) is 23.7 Å². The predicted octanol–water partition coefficient (Wildman–Crippen LogP) is 3.48. The summed E-state index contributed by atoms with van der Waals surface area (Å²) in [4.78, 5) is 1.04. The number of hydrogen-bond acceptors (Lipinski definition) is 4. The summed E-state index contributed by atoms with van der Waals surface area (Å²) in [7, 11) is 1.59. The van der Waals surface area contributed by atoms with E-state index in [0.717, 1.165) is 9.21 Å². The maximum Gasteiger partial charge on any atom is 0.125 e. The SMILES string of the molecule is COc1ccc(OCc2ccc(Cl)s2)c(CO)c1. The van der Waals surface area contributed by atoms with E-state index >= 15 is 0 Å². The van der Waals surface area contributed by atoms with Crippen molar-refractivity contribution in [3.8, 4) is 11.5 Å². The summed E-state index contributed by atoms with van der Waals surface area (Å²) in [6.07, 6.45) is 0. The fourth-order valence-electron chi connectivity index (χ4n) is 1.53. The van der Waals surface area contributed by atoms with Crippen LogP contribution in [0.2, 0.25) is 4.34 Å². The van der Waals surface area contributed by atoms with Gasteiger partial charge in [-0.2, -0.15) is 0 Å². The second kappa shape index (κ2) is 6.09. The molecular weight excluding hydrogens is 272 g/mol. The molecule has 1 N–H and O–H groups in total. The van der Waals surface area contributed by atoms with Crippen molar-refractivity contribution in [2.45, 2.75) is 13.2 Å². The molecule has 0 aliphatic heterocycles. The molecule has 1 heterocycles. The Morgan fingerprint density at radius 2 is 2.11 bits per heavy atom. The summed E-state index contributed by atoms with van der Waals surface area (Å²) >= 11 is 7.33. The first-order valence-corrected chi connectivity index (χ1v) is 6.57. The van der Waals surface area contributed by atoms with E-state index in [1.54, 1.807) is 25.3 Å². The molecule has 0 fully saturated rings. The van der Waals surface area contributed by atoms with Crippen LogP contribution in [0.4, 0.5) is 0 Å². The Bertz CT molecular complexity index is 525. The van der Waals surface area contributed by atoms with Crippen LogP contribution in [0.15, 0.2) is 30.3 Å². The van der Waals surface area contributed by atoms with Crippen LogP contribution in [0.1, 0.15) is 10.4 Å². The third kappa shape index (κ3) is 3.16. The number of benzene rings is 1. The average molecular weight is 285 g/mol. The highest BCUT2D eigenvalue weighted by molar-refractivity contribution is 7.16. The van der Waals surface area contributed by atoms with Gasteiger partial charge in [0, 0.05) is 10.4 Å². The molecule has 0 unspecified atom stereocenters. The van der Waals surface area contributed by atoms with Crippen molar-refractivity contribution in [3.63, 3.8) is 0 Å². The van der Waals surface area contributed by atoms with Crippen LogP contribution >= 0.6 is 22.9 Å². The molecule has 96 valence electrons. The Kier molecular flexibility index (Phi) is 4.47. The first-order chi connectivity index (χ1) is 8.72. The standard InChI is InChI=1S/C13H13ClO3S/c1-16-10-2-4-12(9(6-10)7-15)17-8-11-3-5-13(14)18-11/h2-6,15H,7-8H2,1H3. The molecule has 3 nitrogen and oxygen atoms in total. The molecule has 1 aromatic heterocycles. The molecule has 0 saturated heterocycles. The molecule has 0 atom stereocenters. The molecule has 1 aromatic carbocycles. The smallest absolute Gasteiger partial charge is 0.125 e. The molecule has 0 saturated carbocycles. The van der Waals surface area contributed by atoms with Gasteiger partial charge in [0.1, 0.15) is 18.1 Å². The van der Waals surface area contributed by atoms with Gasteiger partial charge in [-0.1, -0.05) is 11.6 Å². The number of methoxy groups -OCH3 is 1. The van der Waals surface area contributed by atoms with Crippen LogP contribution in [0.5, 0.6) is 11.5 Å². The molecule has 0 aliphatic rings. The molecule has 0 spiro atoms. The van der Waals surface area contributed by atoms with Crippen LogP contribution in [-0.2, 0) is 13.2 Å². The quantitative estimate of drug-likeness (QED) is 0.913. The second-order valence-corrected chi connectivity index (χ2v) is 5.43. The molecule has 5 heteroatoms.